The molecule has 8 nitrogen and oxygen atoms in total. The minimum Gasteiger partial charge on any atom is -0.504 e. The van der Waals surface area contributed by atoms with Crippen molar-refractivity contribution >= 4 is 11.9 Å². The van der Waals surface area contributed by atoms with Crippen LogP contribution >= 0.6 is 0 Å². The molecule has 8 heteroatoms. The van der Waals surface area contributed by atoms with E-state index < -0.39 is 46.7 Å². The monoisotopic (exact) mass is 462 g/mol. The first-order valence-electron chi connectivity index (χ1n) is 11.5. The Morgan fingerprint density at radius 3 is 2.45 bits per heavy atom. The summed E-state index contributed by atoms with van der Waals surface area (Å²) in [7, 11) is 1.41. The zero-order chi connectivity index (χ0) is 24.3. The van der Waals surface area contributed by atoms with Gasteiger partial charge in [-0.2, -0.15) is 0 Å². The van der Waals surface area contributed by atoms with Gasteiger partial charge in [0.05, 0.1) is 30.0 Å². The lowest BCUT2D eigenvalue weighted by atomic mass is 9.67. The van der Waals surface area contributed by atoms with Gasteiger partial charge in [-0.1, -0.05) is 20.8 Å². The quantitative estimate of drug-likeness (QED) is 0.506. The van der Waals surface area contributed by atoms with Gasteiger partial charge in [0.2, 0.25) is 0 Å². The number of hydrogen-bond donors (Lipinski definition) is 2. The molecule has 1 aliphatic heterocycles. The van der Waals surface area contributed by atoms with Crippen molar-refractivity contribution in [2.75, 3.05) is 7.11 Å². The SMILES string of the molecule is COc1cc(C(=O)O[C@H]2C[C@@]3(C)O[C@H]3C[C@@]3(C)[C@@H]2[C@](O)(C(C)C)C[C@H]3OC(C)=O)ccc1O. The highest BCUT2D eigenvalue weighted by molar-refractivity contribution is 5.90. The molecule has 0 amide bonds. The van der Waals surface area contributed by atoms with Crippen molar-refractivity contribution in [2.45, 2.75) is 83.4 Å². The molecule has 0 radical (unpaired) electrons. The third-order valence-electron chi connectivity index (χ3n) is 8.12. The summed E-state index contributed by atoms with van der Waals surface area (Å²) < 4.78 is 22.9. The molecule has 0 spiro atoms. The number of esters is 2. The number of ether oxygens (including phenoxy) is 4. The lowest BCUT2D eigenvalue weighted by Crippen LogP contribution is -2.51. The van der Waals surface area contributed by atoms with Crippen LogP contribution in [0.4, 0.5) is 0 Å². The second-order valence-corrected chi connectivity index (χ2v) is 10.6. The molecular formula is C25H34O8. The number of methoxy groups -OCH3 is 1. The number of hydrogen-bond acceptors (Lipinski definition) is 8. The summed E-state index contributed by atoms with van der Waals surface area (Å²) in [4.78, 5) is 25.1. The molecule has 2 N–H and O–H groups in total. The second-order valence-electron chi connectivity index (χ2n) is 10.6. The number of phenolic OH excluding ortho intramolecular Hbond substituents is 1. The van der Waals surface area contributed by atoms with Crippen molar-refractivity contribution in [1.29, 1.82) is 0 Å². The Hall–Kier alpha value is -2.32. The van der Waals surface area contributed by atoms with Gasteiger partial charge < -0.3 is 29.2 Å². The average Bonchev–Trinajstić information content (AvgIpc) is 3.29. The maximum absolute atomic E-state index is 13.2. The normalized spacial score (nSPS) is 39.3. The fourth-order valence-electron chi connectivity index (χ4n) is 6.17. The summed E-state index contributed by atoms with van der Waals surface area (Å²) in [6.45, 7) is 9.23. The molecule has 182 valence electrons. The Bertz CT molecular complexity index is 960. The smallest absolute Gasteiger partial charge is 0.338 e. The number of carbonyl (C=O) groups is 2. The van der Waals surface area contributed by atoms with Crippen molar-refractivity contribution in [3.05, 3.63) is 23.8 Å². The van der Waals surface area contributed by atoms with E-state index in [1.54, 1.807) is 0 Å². The maximum atomic E-state index is 13.2. The topological polar surface area (TPSA) is 115 Å². The fraction of sp³-hybridized carbons (Fsp3) is 0.680. The van der Waals surface area contributed by atoms with Gasteiger partial charge in [-0.3, -0.25) is 4.79 Å². The van der Waals surface area contributed by atoms with Crippen LogP contribution in [0, 0.1) is 17.3 Å². The van der Waals surface area contributed by atoms with E-state index in [0.717, 1.165) is 0 Å². The minimum absolute atomic E-state index is 0.0601. The summed E-state index contributed by atoms with van der Waals surface area (Å²) >= 11 is 0. The second kappa shape index (κ2) is 7.87. The molecule has 2 saturated carbocycles. The molecule has 1 aromatic carbocycles. The molecule has 7 atom stereocenters. The van der Waals surface area contributed by atoms with Gasteiger partial charge in [0.1, 0.15) is 12.2 Å². The predicted octanol–water partition coefficient (Wildman–Crippen LogP) is 3.22. The number of carbonyl (C=O) groups excluding carboxylic acids is 2. The number of fused-ring (bicyclic) bond motifs is 2. The maximum Gasteiger partial charge on any atom is 0.338 e. The Balaban J connectivity index is 1.73. The molecule has 2 aliphatic carbocycles. The standard InChI is InChI=1S/C25H34O8/c1-13(2)25(29)12-19(31-14(3)26)23(4)11-20-24(5,33-20)10-18(21(23)25)32-22(28)15-7-8-16(27)17(9-15)30-6/h7-9,13,18-21,27,29H,10-12H2,1-6H3/t18-,19+,20-,21+,23+,24+,25+/m0/s1. The summed E-state index contributed by atoms with van der Waals surface area (Å²) in [6, 6.07) is 4.28. The highest BCUT2D eigenvalue weighted by atomic mass is 16.6. The van der Waals surface area contributed by atoms with E-state index in [1.807, 2.05) is 27.7 Å². The number of aliphatic hydroxyl groups is 1. The van der Waals surface area contributed by atoms with E-state index in [2.05, 4.69) is 0 Å². The van der Waals surface area contributed by atoms with E-state index in [9.17, 15) is 19.8 Å². The number of benzene rings is 1. The van der Waals surface area contributed by atoms with Crippen LogP contribution in [0.3, 0.4) is 0 Å². The zero-order valence-corrected chi connectivity index (χ0v) is 20.1. The van der Waals surface area contributed by atoms with Gasteiger partial charge in [-0.15, -0.1) is 0 Å². The number of epoxide rings is 1. The Labute approximate surface area is 194 Å². The Morgan fingerprint density at radius 2 is 1.85 bits per heavy atom. The molecule has 0 bridgehead atoms. The van der Waals surface area contributed by atoms with Crippen molar-refractivity contribution in [1.82, 2.24) is 0 Å². The molecule has 0 unspecified atom stereocenters. The van der Waals surface area contributed by atoms with Crippen LogP contribution in [0.25, 0.3) is 0 Å². The third kappa shape index (κ3) is 3.87. The molecular weight excluding hydrogens is 428 g/mol. The fourth-order valence-corrected chi connectivity index (χ4v) is 6.17. The number of rotatable bonds is 5. The molecule has 0 aromatic heterocycles. The van der Waals surface area contributed by atoms with Crippen LogP contribution in [0.1, 0.15) is 64.2 Å². The average molecular weight is 463 g/mol. The third-order valence-corrected chi connectivity index (χ3v) is 8.12. The first-order valence-corrected chi connectivity index (χ1v) is 11.5. The van der Waals surface area contributed by atoms with Crippen molar-refractivity contribution in [3.8, 4) is 11.5 Å². The van der Waals surface area contributed by atoms with Gasteiger partial charge in [0.25, 0.3) is 0 Å². The van der Waals surface area contributed by atoms with Crippen LogP contribution in [0.15, 0.2) is 18.2 Å². The predicted molar refractivity (Wildman–Crippen MR) is 118 cm³/mol. The molecule has 1 heterocycles. The van der Waals surface area contributed by atoms with Crippen molar-refractivity contribution in [3.63, 3.8) is 0 Å². The van der Waals surface area contributed by atoms with Crippen molar-refractivity contribution < 1.29 is 38.7 Å². The molecule has 33 heavy (non-hydrogen) atoms. The van der Waals surface area contributed by atoms with Gasteiger partial charge in [0, 0.05) is 31.1 Å². The lowest BCUT2D eigenvalue weighted by molar-refractivity contribution is -0.155. The highest BCUT2D eigenvalue weighted by Crippen LogP contribution is 2.64. The zero-order valence-electron chi connectivity index (χ0n) is 20.1. The van der Waals surface area contributed by atoms with E-state index >= 15 is 0 Å². The lowest BCUT2D eigenvalue weighted by Gasteiger charge is -2.44. The first-order chi connectivity index (χ1) is 15.3. The molecule has 1 saturated heterocycles. The van der Waals surface area contributed by atoms with Crippen molar-refractivity contribution in [2.24, 2.45) is 17.3 Å². The van der Waals surface area contributed by atoms with E-state index in [4.69, 9.17) is 18.9 Å². The number of phenols is 1. The van der Waals surface area contributed by atoms with E-state index in [-0.39, 0.29) is 35.5 Å². The Kier molecular flexibility index (Phi) is 5.69. The van der Waals surface area contributed by atoms with E-state index in [1.165, 1.54) is 32.2 Å². The van der Waals surface area contributed by atoms with Gasteiger partial charge in [-0.25, -0.2) is 4.79 Å². The van der Waals surface area contributed by atoms with Crippen LogP contribution in [-0.4, -0.2) is 58.8 Å². The molecule has 3 aliphatic rings. The minimum atomic E-state index is -1.19. The molecule has 1 aromatic rings. The molecule has 3 fully saturated rings. The van der Waals surface area contributed by atoms with Gasteiger partial charge in [-0.05, 0) is 37.5 Å². The summed E-state index contributed by atoms with van der Waals surface area (Å²) in [6.07, 6.45) is 0.0653. The molecule has 4 rings (SSSR count). The number of aromatic hydroxyl groups is 1. The summed E-state index contributed by atoms with van der Waals surface area (Å²) in [5, 5.41) is 21.8. The van der Waals surface area contributed by atoms with Crippen LogP contribution in [-0.2, 0) is 19.0 Å². The van der Waals surface area contributed by atoms with Crippen LogP contribution < -0.4 is 4.74 Å². The summed E-state index contributed by atoms with van der Waals surface area (Å²) in [5.74, 6) is -1.49. The first kappa shape index (κ1) is 23.8. The van der Waals surface area contributed by atoms with Crippen LogP contribution in [0.5, 0.6) is 11.5 Å². The Morgan fingerprint density at radius 1 is 1.15 bits per heavy atom. The highest BCUT2D eigenvalue weighted by Gasteiger charge is 2.71. The van der Waals surface area contributed by atoms with Gasteiger partial charge in [0.15, 0.2) is 11.5 Å². The van der Waals surface area contributed by atoms with E-state index in [0.29, 0.717) is 12.8 Å². The van der Waals surface area contributed by atoms with Gasteiger partial charge >= 0.3 is 11.9 Å². The largest absolute Gasteiger partial charge is 0.504 e. The summed E-state index contributed by atoms with van der Waals surface area (Å²) in [5.41, 5.74) is -2.07. The van der Waals surface area contributed by atoms with Crippen LogP contribution in [0.2, 0.25) is 0 Å².